The molecule has 1 aromatic heterocycles. The Kier molecular flexibility index (Phi) is 10.7. The monoisotopic (exact) mass is 807 g/mol. The fourth-order valence-electron chi connectivity index (χ4n) is 9.38. The average Bonchev–Trinajstić information content (AvgIpc) is 3.37. The van der Waals surface area contributed by atoms with E-state index >= 15 is 0 Å². The van der Waals surface area contributed by atoms with E-state index in [1.807, 2.05) is 0 Å². The maximum Gasteiger partial charge on any atom is 0.164 e. The molecular formula is C60H45N3. The topological polar surface area (TPSA) is 38.7 Å². The Morgan fingerprint density at radius 1 is 0.238 bits per heavy atom. The van der Waals surface area contributed by atoms with Crippen molar-refractivity contribution in [3.63, 3.8) is 0 Å². The van der Waals surface area contributed by atoms with Gasteiger partial charge in [0.25, 0.3) is 0 Å². The maximum atomic E-state index is 5.38. The minimum absolute atomic E-state index is 0.603. The molecule has 0 unspecified atom stereocenters. The van der Waals surface area contributed by atoms with Gasteiger partial charge in [0, 0.05) is 16.7 Å². The molecule has 10 aromatic rings. The minimum Gasteiger partial charge on any atom is -0.208 e. The van der Waals surface area contributed by atoms with E-state index in [4.69, 9.17) is 15.0 Å². The molecule has 63 heavy (non-hydrogen) atoms. The molecule has 0 aliphatic carbocycles. The van der Waals surface area contributed by atoms with E-state index in [1.54, 1.807) is 0 Å². The number of benzene rings is 9. The van der Waals surface area contributed by atoms with Gasteiger partial charge in [-0.1, -0.05) is 248 Å². The predicted molar refractivity (Wildman–Crippen MR) is 257 cm³/mol. The normalized spacial score (nSPS) is 11.6. The van der Waals surface area contributed by atoms with Gasteiger partial charge in [-0.3, -0.25) is 0 Å². The van der Waals surface area contributed by atoms with Gasteiger partial charge < -0.3 is 0 Å². The molecule has 0 fully saturated rings. The summed E-state index contributed by atoms with van der Waals surface area (Å²) in [5.74, 6) is 1.82. The molecule has 0 amide bonds. The summed E-state index contributed by atoms with van der Waals surface area (Å²) in [6.07, 6.45) is 0. The summed E-state index contributed by atoms with van der Waals surface area (Å²) in [7, 11) is 0. The predicted octanol–water partition coefficient (Wildman–Crippen LogP) is 13.9. The first-order valence-corrected chi connectivity index (χ1v) is 21.5. The third kappa shape index (κ3) is 7.24. The summed E-state index contributed by atoms with van der Waals surface area (Å²) in [6.45, 7) is 2.10. The van der Waals surface area contributed by atoms with E-state index in [0.717, 1.165) is 27.8 Å². The van der Waals surface area contributed by atoms with Crippen LogP contribution in [-0.2, 0) is 10.8 Å². The van der Waals surface area contributed by atoms with Crippen molar-refractivity contribution >= 4 is 0 Å². The highest BCUT2D eigenvalue weighted by molar-refractivity contribution is 5.71. The fourth-order valence-corrected chi connectivity index (χ4v) is 9.38. The molecular weight excluding hydrogens is 763 g/mol. The maximum absolute atomic E-state index is 5.38. The van der Waals surface area contributed by atoms with Crippen LogP contribution in [0.3, 0.4) is 0 Å². The summed E-state index contributed by atoms with van der Waals surface area (Å²) in [6, 6.07) is 90.8. The lowest BCUT2D eigenvalue weighted by Gasteiger charge is -2.37. The van der Waals surface area contributed by atoms with Crippen molar-refractivity contribution in [1.29, 1.82) is 0 Å². The standard InChI is InChI=1S/C60H45N3/c1-44-38-40-45(41-39-44)56-61-57(46-22-20-36-54(42-46)59(48-24-8-2-9-25-48,49-26-10-3-11-27-49)50-28-12-4-13-29-50)63-58(62-56)47-23-21-37-55(43-47)60(51-30-14-5-15-31-51,52-32-16-6-17-33-52)53-34-18-7-19-35-53/h2-43H,1H3. The van der Waals surface area contributed by atoms with Gasteiger partial charge >= 0.3 is 0 Å². The third-order valence-electron chi connectivity index (χ3n) is 12.3. The molecule has 0 atom stereocenters. The molecule has 0 saturated heterocycles. The zero-order chi connectivity index (χ0) is 42.5. The highest BCUT2D eigenvalue weighted by Crippen LogP contribution is 2.47. The summed E-state index contributed by atoms with van der Waals surface area (Å²) in [5, 5.41) is 0. The van der Waals surface area contributed by atoms with Gasteiger partial charge in [0.1, 0.15) is 0 Å². The number of aromatic nitrogens is 3. The van der Waals surface area contributed by atoms with Crippen molar-refractivity contribution in [2.24, 2.45) is 0 Å². The molecule has 0 spiro atoms. The average molecular weight is 808 g/mol. The first-order chi connectivity index (χ1) is 31.1. The van der Waals surface area contributed by atoms with Gasteiger partial charge in [-0.25, -0.2) is 15.0 Å². The second kappa shape index (κ2) is 17.2. The van der Waals surface area contributed by atoms with Crippen LogP contribution in [0.4, 0.5) is 0 Å². The Labute approximate surface area is 370 Å². The lowest BCUT2D eigenvalue weighted by molar-refractivity contribution is 0.745. The van der Waals surface area contributed by atoms with Gasteiger partial charge in [-0.05, 0) is 63.6 Å². The zero-order valence-electron chi connectivity index (χ0n) is 35.1. The zero-order valence-corrected chi connectivity index (χ0v) is 35.1. The molecule has 0 aliphatic rings. The fraction of sp³-hybridized carbons (Fsp3) is 0.0500. The van der Waals surface area contributed by atoms with Crippen molar-refractivity contribution in [3.8, 4) is 34.2 Å². The first-order valence-electron chi connectivity index (χ1n) is 21.5. The number of aryl methyl sites for hydroxylation is 1. The Bertz CT molecular complexity index is 2700. The van der Waals surface area contributed by atoms with Crippen molar-refractivity contribution < 1.29 is 0 Å². The number of nitrogens with zero attached hydrogens (tertiary/aromatic N) is 3. The van der Waals surface area contributed by atoms with Crippen LogP contribution in [0.1, 0.15) is 50.1 Å². The third-order valence-corrected chi connectivity index (χ3v) is 12.3. The van der Waals surface area contributed by atoms with Crippen molar-refractivity contribution in [3.05, 3.63) is 305 Å². The molecule has 0 radical (unpaired) electrons. The van der Waals surface area contributed by atoms with Crippen molar-refractivity contribution in [2.45, 2.75) is 17.8 Å². The molecule has 9 aromatic carbocycles. The Morgan fingerprint density at radius 3 is 0.778 bits per heavy atom. The van der Waals surface area contributed by atoms with Gasteiger partial charge in [0.2, 0.25) is 0 Å². The van der Waals surface area contributed by atoms with Crippen LogP contribution >= 0.6 is 0 Å². The molecule has 10 rings (SSSR count). The van der Waals surface area contributed by atoms with Crippen LogP contribution in [0.25, 0.3) is 34.2 Å². The molecule has 300 valence electrons. The van der Waals surface area contributed by atoms with E-state index in [9.17, 15) is 0 Å². The van der Waals surface area contributed by atoms with E-state index in [1.165, 1.54) is 38.9 Å². The van der Waals surface area contributed by atoms with Gasteiger partial charge in [0.05, 0.1) is 10.8 Å². The molecule has 3 nitrogen and oxygen atoms in total. The molecule has 1 heterocycles. The summed E-state index contributed by atoms with van der Waals surface area (Å²) < 4.78 is 0. The van der Waals surface area contributed by atoms with Gasteiger partial charge in [-0.2, -0.15) is 0 Å². The molecule has 3 heteroatoms. The van der Waals surface area contributed by atoms with Crippen LogP contribution in [0, 0.1) is 6.92 Å². The van der Waals surface area contributed by atoms with Crippen LogP contribution < -0.4 is 0 Å². The quantitative estimate of drug-likeness (QED) is 0.122. The Morgan fingerprint density at radius 2 is 0.492 bits per heavy atom. The van der Waals surface area contributed by atoms with Crippen molar-refractivity contribution in [1.82, 2.24) is 15.0 Å². The lowest BCUT2D eigenvalue weighted by atomic mass is 9.65. The second-order valence-electron chi connectivity index (χ2n) is 16.0. The number of hydrogen-bond donors (Lipinski definition) is 0. The van der Waals surface area contributed by atoms with Crippen LogP contribution in [0.15, 0.2) is 255 Å². The van der Waals surface area contributed by atoms with Gasteiger partial charge in [0.15, 0.2) is 17.5 Å². The highest BCUT2D eigenvalue weighted by Gasteiger charge is 2.40. The molecule has 0 N–H and O–H groups in total. The number of rotatable bonds is 11. The van der Waals surface area contributed by atoms with Crippen molar-refractivity contribution in [2.75, 3.05) is 0 Å². The first kappa shape index (κ1) is 39.1. The number of hydrogen-bond acceptors (Lipinski definition) is 3. The SMILES string of the molecule is Cc1ccc(-c2nc(-c3cccc(C(c4ccccc4)(c4ccccc4)c4ccccc4)c3)nc(-c3cccc(C(c4ccccc4)(c4ccccc4)c4ccccc4)c3)n2)cc1. The summed E-state index contributed by atoms with van der Waals surface area (Å²) in [4.78, 5) is 15.9. The Balaban J connectivity index is 1.20. The van der Waals surface area contributed by atoms with Crippen LogP contribution in [0.2, 0.25) is 0 Å². The minimum atomic E-state index is -0.626. The van der Waals surface area contributed by atoms with Crippen LogP contribution in [-0.4, -0.2) is 15.0 Å². The Hall–Kier alpha value is -8.01. The van der Waals surface area contributed by atoms with E-state index in [0.29, 0.717) is 17.5 Å². The van der Waals surface area contributed by atoms with E-state index in [2.05, 4.69) is 262 Å². The van der Waals surface area contributed by atoms with Gasteiger partial charge in [-0.15, -0.1) is 0 Å². The lowest BCUT2D eigenvalue weighted by Crippen LogP contribution is -2.31. The smallest absolute Gasteiger partial charge is 0.164 e. The van der Waals surface area contributed by atoms with Crippen LogP contribution in [0.5, 0.6) is 0 Å². The van der Waals surface area contributed by atoms with E-state index < -0.39 is 10.8 Å². The largest absolute Gasteiger partial charge is 0.208 e. The molecule has 0 bridgehead atoms. The summed E-state index contributed by atoms with van der Waals surface area (Å²) >= 11 is 0. The molecule has 0 saturated carbocycles. The molecule has 0 aliphatic heterocycles. The summed E-state index contributed by atoms with van der Waals surface area (Å²) in [5.41, 5.74) is 11.9. The highest BCUT2D eigenvalue weighted by atomic mass is 15.0. The second-order valence-corrected chi connectivity index (χ2v) is 16.0. The van der Waals surface area contributed by atoms with E-state index in [-0.39, 0.29) is 0 Å².